The van der Waals surface area contributed by atoms with Crippen LogP contribution < -0.4 is 5.32 Å². The number of hydrogen-bond donors (Lipinski definition) is 1. The fourth-order valence-corrected chi connectivity index (χ4v) is 2.04. The molecular formula is C15H24N2O. The largest absolute Gasteiger partial charge is 0.351 e. The first-order chi connectivity index (χ1) is 8.30. The van der Waals surface area contributed by atoms with E-state index >= 15 is 0 Å². The van der Waals surface area contributed by atoms with Crippen LogP contribution in [0.5, 0.6) is 0 Å². The highest BCUT2D eigenvalue weighted by molar-refractivity contribution is 5.94. The van der Waals surface area contributed by atoms with Gasteiger partial charge >= 0.3 is 0 Å². The lowest BCUT2D eigenvalue weighted by Gasteiger charge is -2.28. The van der Waals surface area contributed by atoms with E-state index in [2.05, 4.69) is 24.1 Å². The summed E-state index contributed by atoms with van der Waals surface area (Å²) in [6, 6.07) is 7.65. The third kappa shape index (κ3) is 4.88. The van der Waals surface area contributed by atoms with Crippen molar-refractivity contribution in [3.63, 3.8) is 0 Å². The number of benzene rings is 1. The number of amides is 1. The maximum Gasteiger partial charge on any atom is 0.251 e. The Hall–Kier alpha value is -1.35. The van der Waals surface area contributed by atoms with Gasteiger partial charge in [0, 0.05) is 18.7 Å². The first kappa shape index (κ1) is 14.7. The minimum Gasteiger partial charge on any atom is -0.351 e. The normalized spacial score (nSPS) is 11.7. The van der Waals surface area contributed by atoms with Gasteiger partial charge in [-0.05, 0) is 38.6 Å². The Morgan fingerprint density at radius 2 is 1.78 bits per heavy atom. The van der Waals surface area contributed by atoms with Crippen molar-refractivity contribution in [2.24, 2.45) is 5.41 Å². The molecular weight excluding hydrogens is 224 g/mol. The average molecular weight is 248 g/mol. The summed E-state index contributed by atoms with van der Waals surface area (Å²) in [5.74, 6) is 0.00170. The van der Waals surface area contributed by atoms with Crippen molar-refractivity contribution in [2.75, 3.05) is 27.2 Å². The number of nitrogens with zero attached hydrogens (tertiary/aromatic N) is 1. The SMILES string of the molecule is Cc1ccc(C(=O)NCC(C)(C)CN(C)C)cc1. The van der Waals surface area contributed by atoms with Gasteiger partial charge in [0.1, 0.15) is 0 Å². The molecule has 18 heavy (non-hydrogen) atoms. The van der Waals surface area contributed by atoms with Crippen LogP contribution >= 0.6 is 0 Å². The lowest BCUT2D eigenvalue weighted by atomic mass is 9.93. The third-order valence-electron chi connectivity index (χ3n) is 2.79. The molecule has 1 N–H and O–H groups in total. The molecule has 100 valence electrons. The van der Waals surface area contributed by atoms with E-state index < -0.39 is 0 Å². The first-order valence-electron chi connectivity index (χ1n) is 6.30. The predicted molar refractivity (Wildman–Crippen MR) is 75.8 cm³/mol. The van der Waals surface area contributed by atoms with E-state index in [1.165, 1.54) is 5.56 Å². The van der Waals surface area contributed by atoms with E-state index in [9.17, 15) is 4.79 Å². The van der Waals surface area contributed by atoms with E-state index in [0.29, 0.717) is 6.54 Å². The Morgan fingerprint density at radius 1 is 1.22 bits per heavy atom. The first-order valence-corrected chi connectivity index (χ1v) is 6.30. The average Bonchev–Trinajstić information content (AvgIpc) is 2.25. The van der Waals surface area contributed by atoms with Crippen LogP contribution in [0.25, 0.3) is 0 Å². The monoisotopic (exact) mass is 248 g/mol. The van der Waals surface area contributed by atoms with Crippen molar-refractivity contribution in [2.45, 2.75) is 20.8 Å². The highest BCUT2D eigenvalue weighted by atomic mass is 16.1. The Morgan fingerprint density at radius 3 is 2.28 bits per heavy atom. The lowest BCUT2D eigenvalue weighted by Crippen LogP contribution is -2.39. The number of carbonyl (C=O) groups is 1. The maximum atomic E-state index is 12.0. The minimum absolute atomic E-state index is 0.00170. The summed E-state index contributed by atoms with van der Waals surface area (Å²) in [4.78, 5) is 14.1. The summed E-state index contributed by atoms with van der Waals surface area (Å²) in [5, 5.41) is 3.00. The second-order valence-corrected chi connectivity index (χ2v) is 5.95. The Labute approximate surface area is 110 Å². The van der Waals surface area contributed by atoms with Crippen molar-refractivity contribution in [1.82, 2.24) is 10.2 Å². The van der Waals surface area contributed by atoms with Gasteiger partial charge in [-0.25, -0.2) is 0 Å². The molecule has 1 aromatic carbocycles. The molecule has 0 aromatic heterocycles. The number of hydrogen-bond acceptors (Lipinski definition) is 2. The van der Waals surface area contributed by atoms with Crippen molar-refractivity contribution >= 4 is 5.91 Å². The molecule has 0 unspecified atom stereocenters. The molecule has 0 atom stereocenters. The molecule has 0 bridgehead atoms. The lowest BCUT2D eigenvalue weighted by molar-refractivity contribution is 0.0929. The van der Waals surface area contributed by atoms with Gasteiger partial charge in [0.05, 0.1) is 0 Å². The van der Waals surface area contributed by atoms with Gasteiger partial charge in [0.25, 0.3) is 5.91 Å². The molecule has 0 aliphatic carbocycles. The zero-order valence-electron chi connectivity index (χ0n) is 12.1. The van der Waals surface area contributed by atoms with Gasteiger partial charge in [-0.1, -0.05) is 31.5 Å². The van der Waals surface area contributed by atoms with Gasteiger partial charge in [-0.15, -0.1) is 0 Å². The van der Waals surface area contributed by atoms with E-state index in [0.717, 1.165) is 12.1 Å². The fraction of sp³-hybridized carbons (Fsp3) is 0.533. The van der Waals surface area contributed by atoms with Crippen molar-refractivity contribution in [3.8, 4) is 0 Å². The van der Waals surface area contributed by atoms with Gasteiger partial charge in [-0.3, -0.25) is 4.79 Å². The van der Waals surface area contributed by atoms with Crippen LogP contribution in [0.3, 0.4) is 0 Å². The van der Waals surface area contributed by atoms with E-state index in [1.54, 1.807) is 0 Å². The second-order valence-electron chi connectivity index (χ2n) is 5.95. The highest BCUT2D eigenvalue weighted by Crippen LogP contribution is 2.14. The summed E-state index contributed by atoms with van der Waals surface area (Å²) >= 11 is 0. The molecule has 0 radical (unpaired) electrons. The minimum atomic E-state index is 0.00170. The zero-order chi connectivity index (χ0) is 13.8. The molecule has 0 heterocycles. The number of carbonyl (C=O) groups excluding carboxylic acids is 1. The molecule has 0 saturated heterocycles. The summed E-state index contributed by atoms with van der Waals surface area (Å²) in [5.41, 5.74) is 1.96. The number of nitrogens with one attached hydrogen (secondary N) is 1. The Kier molecular flexibility index (Phi) is 4.91. The molecule has 0 aliphatic rings. The van der Waals surface area contributed by atoms with Gasteiger partial charge in [-0.2, -0.15) is 0 Å². The molecule has 1 amide bonds. The Balaban J connectivity index is 2.53. The van der Waals surface area contributed by atoms with Crippen molar-refractivity contribution in [1.29, 1.82) is 0 Å². The quantitative estimate of drug-likeness (QED) is 0.867. The smallest absolute Gasteiger partial charge is 0.251 e. The molecule has 3 nitrogen and oxygen atoms in total. The molecule has 0 fully saturated rings. The van der Waals surface area contributed by atoms with Crippen molar-refractivity contribution in [3.05, 3.63) is 35.4 Å². The van der Waals surface area contributed by atoms with Gasteiger partial charge in [0.2, 0.25) is 0 Å². The summed E-state index contributed by atoms with van der Waals surface area (Å²) < 4.78 is 0. The van der Waals surface area contributed by atoms with E-state index in [1.807, 2.05) is 45.3 Å². The topological polar surface area (TPSA) is 32.3 Å². The van der Waals surface area contributed by atoms with Gasteiger partial charge < -0.3 is 10.2 Å². The van der Waals surface area contributed by atoms with Crippen molar-refractivity contribution < 1.29 is 4.79 Å². The molecule has 1 aromatic rings. The fourth-order valence-electron chi connectivity index (χ4n) is 2.04. The van der Waals surface area contributed by atoms with Crippen LogP contribution in [0.15, 0.2) is 24.3 Å². The molecule has 0 spiro atoms. The van der Waals surface area contributed by atoms with Crippen LogP contribution in [0.1, 0.15) is 29.8 Å². The molecule has 3 heteroatoms. The summed E-state index contributed by atoms with van der Waals surface area (Å²) in [7, 11) is 4.09. The van der Waals surface area contributed by atoms with Crippen LogP contribution in [0.4, 0.5) is 0 Å². The molecule has 0 saturated carbocycles. The standard InChI is InChI=1S/C15H24N2O/c1-12-6-8-13(9-7-12)14(18)16-10-15(2,3)11-17(4)5/h6-9H,10-11H2,1-5H3,(H,16,18). The van der Waals surface area contributed by atoms with Crippen LogP contribution in [0, 0.1) is 12.3 Å². The second kappa shape index (κ2) is 6.01. The molecule has 0 aliphatic heterocycles. The summed E-state index contributed by atoms with van der Waals surface area (Å²) in [6.45, 7) is 7.95. The van der Waals surface area contributed by atoms with Gasteiger partial charge in [0.15, 0.2) is 0 Å². The highest BCUT2D eigenvalue weighted by Gasteiger charge is 2.20. The number of aryl methyl sites for hydroxylation is 1. The number of rotatable bonds is 5. The van der Waals surface area contributed by atoms with E-state index in [4.69, 9.17) is 0 Å². The van der Waals surface area contributed by atoms with Crippen LogP contribution in [0.2, 0.25) is 0 Å². The summed E-state index contributed by atoms with van der Waals surface area (Å²) in [6.07, 6.45) is 0. The van der Waals surface area contributed by atoms with Crippen LogP contribution in [-0.4, -0.2) is 38.0 Å². The predicted octanol–water partition coefficient (Wildman–Crippen LogP) is 2.31. The maximum absolute atomic E-state index is 12.0. The third-order valence-corrected chi connectivity index (χ3v) is 2.79. The molecule has 1 rings (SSSR count). The van der Waals surface area contributed by atoms with Crippen LogP contribution in [-0.2, 0) is 0 Å². The zero-order valence-corrected chi connectivity index (χ0v) is 12.1. The Bertz CT molecular complexity index is 393. The van der Waals surface area contributed by atoms with E-state index in [-0.39, 0.29) is 11.3 Å².